The molecule has 3 aliphatic heterocycles. The Morgan fingerprint density at radius 3 is 2.77 bits per heavy atom. The maximum absolute atomic E-state index is 11.9. The van der Waals surface area contributed by atoms with E-state index in [1.807, 2.05) is 0 Å². The standard InChI is InChI=1S/C14H19NO6S/c1-7(2)8(16)4-3-5-11(17)21-13-9-6-10-14(20-9)12(13)15-22(10,18)19/h9-10,12-15H,1,3-6H2,2H3. The summed E-state index contributed by atoms with van der Waals surface area (Å²) >= 11 is 0. The van der Waals surface area contributed by atoms with Crippen LogP contribution in [0.3, 0.4) is 0 Å². The van der Waals surface area contributed by atoms with Crippen LogP contribution in [0.5, 0.6) is 0 Å². The summed E-state index contributed by atoms with van der Waals surface area (Å²) in [5.41, 5.74) is 0.473. The minimum atomic E-state index is -3.36. The minimum absolute atomic E-state index is 0.0672. The van der Waals surface area contributed by atoms with Gasteiger partial charge in [0.25, 0.3) is 0 Å². The van der Waals surface area contributed by atoms with Crippen molar-refractivity contribution in [2.24, 2.45) is 0 Å². The van der Waals surface area contributed by atoms with Gasteiger partial charge in [-0.3, -0.25) is 9.59 Å². The fourth-order valence-corrected chi connectivity index (χ4v) is 5.19. The fraction of sp³-hybridized carbons (Fsp3) is 0.714. The Labute approximate surface area is 129 Å². The van der Waals surface area contributed by atoms with Gasteiger partial charge in [-0.1, -0.05) is 6.58 Å². The van der Waals surface area contributed by atoms with Crippen LogP contribution in [0, 0.1) is 0 Å². The molecule has 0 amide bonds. The highest BCUT2D eigenvalue weighted by Crippen LogP contribution is 2.44. The monoisotopic (exact) mass is 329 g/mol. The first-order valence-corrected chi connectivity index (χ1v) is 8.89. The number of ketones is 1. The number of carbonyl (C=O) groups excluding carboxylic acids is 2. The van der Waals surface area contributed by atoms with E-state index in [0.29, 0.717) is 18.4 Å². The molecule has 7 nitrogen and oxygen atoms in total. The number of hydrogen-bond donors (Lipinski definition) is 1. The van der Waals surface area contributed by atoms with E-state index in [2.05, 4.69) is 11.3 Å². The Morgan fingerprint density at radius 1 is 1.36 bits per heavy atom. The molecule has 0 aliphatic carbocycles. The molecule has 22 heavy (non-hydrogen) atoms. The van der Waals surface area contributed by atoms with Gasteiger partial charge in [-0.2, -0.15) is 0 Å². The Kier molecular flexibility index (Phi) is 3.86. The number of Topliss-reactive ketones (excluding diaryl/α,β-unsaturated/α-hetero) is 1. The second kappa shape index (κ2) is 5.43. The van der Waals surface area contributed by atoms with Crippen LogP contribution in [0.25, 0.3) is 0 Å². The summed E-state index contributed by atoms with van der Waals surface area (Å²) in [4.78, 5) is 23.3. The summed E-state index contributed by atoms with van der Waals surface area (Å²) in [6.07, 6.45) is -0.203. The lowest BCUT2D eigenvalue weighted by molar-refractivity contribution is -0.152. The molecule has 5 atom stereocenters. The summed E-state index contributed by atoms with van der Waals surface area (Å²) in [6, 6.07) is -0.477. The average Bonchev–Trinajstić information content (AvgIpc) is 3.02. The van der Waals surface area contributed by atoms with Crippen LogP contribution >= 0.6 is 0 Å². The Bertz CT molecular complexity index is 627. The van der Waals surface area contributed by atoms with Gasteiger partial charge < -0.3 is 9.47 Å². The largest absolute Gasteiger partial charge is 0.458 e. The first-order chi connectivity index (χ1) is 10.3. The van der Waals surface area contributed by atoms with Crippen molar-refractivity contribution in [3.05, 3.63) is 12.2 Å². The van der Waals surface area contributed by atoms with Gasteiger partial charge in [-0.25, -0.2) is 13.1 Å². The third kappa shape index (κ3) is 2.59. The smallest absolute Gasteiger partial charge is 0.306 e. The van der Waals surface area contributed by atoms with E-state index in [1.165, 1.54) is 0 Å². The molecule has 0 aromatic rings. The van der Waals surface area contributed by atoms with Crippen LogP contribution < -0.4 is 4.72 Å². The third-order valence-corrected chi connectivity index (χ3v) is 6.32. The van der Waals surface area contributed by atoms with Gasteiger partial charge in [-0.05, 0) is 25.3 Å². The number of carbonyl (C=O) groups is 2. The van der Waals surface area contributed by atoms with Crippen molar-refractivity contribution in [1.29, 1.82) is 0 Å². The number of esters is 1. The number of sulfonamides is 1. The summed E-state index contributed by atoms with van der Waals surface area (Å²) < 4.78 is 37.2. The van der Waals surface area contributed by atoms with Crippen molar-refractivity contribution in [3.8, 4) is 0 Å². The van der Waals surface area contributed by atoms with Gasteiger partial charge in [0.15, 0.2) is 5.78 Å². The lowest BCUT2D eigenvalue weighted by Crippen LogP contribution is -2.45. The zero-order valence-corrected chi connectivity index (χ0v) is 13.1. The zero-order chi connectivity index (χ0) is 16.1. The Hall–Kier alpha value is -1.25. The summed E-state index contributed by atoms with van der Waals surface area (Å²) in [5, 5.41) is -0.523. The minimum Gasteiger partial charge on any atom is -0.458 e. The molecule has 5 unspecified atom stereocenters. The molecule has 3 saturated heterocycles. The van der Waals surface area contributed by atoms with Crippen molar-refractivity contribution in [2.45, 2.75) is 62.2 Å². The van der Waals surface area contributed by atoms with E-state index in [-0.39, 0.29) is 24.7 Å². The van der Waals surface area contributed by atoms with Crippen LogP contribution in [-0.2, 0) is 29.1 Å². The quantitative estimate of drug-likeness (QED) is 0.546. The second-order valence-electron chi connectivity index (χ2n) is 6.11. The average molecular weight is 329 g/mol. The maximum Gasteiger partial charge on any atom is 0.306 e. The molecule has 0 aromatic carbocycles. The number of fused-ring (bicyclic) bond motifs is 1. The van der Waals surface area contributed by atoms with Crippen LogP contribution in [0.4, 0.5) is 0 Å². The zero-order valence-electron chi connectivity index (χ0n) is 12.3. The highest BCUT2D eigenvalue weighted by Gasteiger charge is 2.65. The van der Waals surface area contributed by atoms with Gasteiger partial charge in [-0.15, -0.1) is 0 Å². The maximum atomic E-state index is 11.9. The van der Waals surface area contributed by atoms with Crippen molar-refractivity contribution < 1.29 is 27.5 Å². The fourth-order valence-electron chi connectivity index (χ4n) is 3.33. The molecule has 0 spiro atoms. The second-order valence-corrected chi connectivity index (χ2v) is 8.04. The van der Waals surface area contributed by atoms with Gasteiger partial charge in [0, 0.05) is 12.8 Å². The van der Waals surface area contributed by atoms with E-state index in [4.69, 9.17) is 9.47 Å². The van der Waals surface area contributed by atoms with E-state index >= 15 is 0 Å². The highest BCUT2D eigenvalue weighted by atomic mass is 32.2. The predicted molar refractivity (Wildman–Crippen MR) is 76.5 cm³/mol. The molecule has 3 heterocycles. The third-order valence-electron chi connectivity index (χ3n) is 4.46. The number of nitrogens with one attached hydrogen (secondary N) is 1. The van der Waals surface area contributed by atoms with Gasteiger partial charge >= 0.3 is 5.97 Å². The molecule has 122 valence electrons. The van der Waals surface area contributed by atoms with Crippen LogP contribution in [0.15, 0.2) is 12.2 Å². The number of rotatable bonds is 6. The van der Waals surface area contributed by atoms with E-state index in [9.17, 15) is 18.0 Å². The Morgan fingerprint density at radius 2 is 2.09 bits per heavy atom. The molecule has 8 heteroatoms. The van der Waals surface area contributed by atoms with E-state index < -0.39 is 39.5 Å². The lowest BCUT2D eigenvalue weighted by Gasteiger charge is -2.22. The van der Waals surface area contributed by atoms with Gasteiger partial charge in [0.2, 0.25) is 10.0 Å². The van der Waals surface area contributed by atoms with E-state index in [0.717, 1.165) is 0 Å². The molecular formula is C14H19NO6S. The summed E-state index contributed by atoms with van der Waals surface area (Å²) in [7, 11) is -3.36. The SMILES string of the molecule is C=C(C)C(=O)CCCC(=O)OC1C2CC3C(O2)C1NS3(=O)=O. The Balaban J connectivity index is 1.51. The molecule has 3 aliphatic rings. The molecule has 3 fully saturated rings. The normalized spacial score (nSPS) is 37.2. The lowest BCUT2D eigenvalue weighted by atomic mass is 9.93. The molecular weight excluding hydrogens is 310 g/mol. The van der Waals surface area contributed by atoms with E-state index in [1.54, 1.807) is 6.92 Å². The molecule has 0 aromatic heterocycles. The van der Waals surface area contributed by atoms with Crippen molar-refractivity contribution in [3.63, 3.8) is 0 Å². The van der Waals surface area contributed by atoms with Crippen LogP contribution in [-0.4, -0.2) is 49.8 Å². The molecule has 1 N–H and O–H groups in total. The van der Waals surface area contributed by atoms with Crippen molar-refractivity contribution in [1.82, 2.24) is 4.72 Å². The van der Waals surface area contributed by atoms with Crippen molar-refractivity contribution in [2.75, 3.05) is 0 Å². The number of allylic oxidation sites excluding steroid dienone is 1. The van der Waals surface area contributed by atoms with Gasteiger partial charge in [0.05, 0.1) is 18.2 Å². The molecule has 3 rings (SSSR count). The first kappa shape index (κ1) is 15.6. The van der Waals surface area contributed by atoms with Crippen molar-refractivity contribution >= 4 is 21.8 Å². The highest BCUT2D eigenvalue weighted by molar-refractivity contribution is 7.90. The van der Waals surface area contributed by atoms with Gasteiger partial charge in [0.1, 0.15) is 11.4 Å². The topological polar surface area (TPSA) is 98.8 Å². The predicted octanol–water partition coefficient (Wildman–Crippen LogP) is 0.0550. The molecule has 0 saturated carbocycles. The number of ether oxygens (including phenoxy) is 2. The molecule has 0 radical (unpaired) electrons. The summed E-state index contributed by atoms with van der Waals surface area (Å²) in [6.45, 7) is 5.19. The summed E-state index contributed by atoms with van der Waals surface area (Å²) in [5.74, 6) is -0.499. The van der Waals surface area contributed by atoms with Crippen LogP contribution in [0.2, 0.25) is 0 Å². The van der Waals surface area contributed by atoms with Crippen LogP contribution in [0.1, 0.15) is 32.6 Å². The number of hydrogen-bond acceptors (Lipinski definition) is 6. The molecule has 2 bridgehead atoms. The first-order valence-electron chi connectivity index (χ1n) is 7.34.